The highest BCUT2D eigenvalue weighted by molar-refractivity contribution is 7.90. The molecule has 2 bridgehead atoms. The normalized spacial score (nSPS) is 22.9. The number of fused-ring (bicyclic) bond motifs is 2. The average Bonchev–Trinajstić information content (AvgIpc) is 3.35. The molecular formula is C32H36NO2PS. The van der Waals surface area contributed by atoms with Crippen molar-refractivity contribution in [3.8, 4) is 5.75 Å². The van der Waals surface area contributed by atoms with Crippen molar-refractivity contribution in [2.45, 2.75) is 45.4 Å². The Bertz CT molecular complexity index is 1330. The standard InChI is InChI=1S/C32H36NO2PS/c1-22-29(25-15-11-8-12-16-25)36-21-32(22,5)27(23-13-9-7-10-14-23)30(36)28(33-37(34)31(2,3)4)24-17-19-26(35-6)20-18-24/h7-20,28,33H,21H2,1-6H3/t28-,32-,36+,37?/m1/s1. The Balaban J connectivity index is 1.74. The van der Waals surface area contributed by atoms with E-state index in [4.69, 9.17) is 4.74 Å². The minimum atomic E-state index is -1.24. The van der Waals surface area contributed by atoms with Gasteiger partial charge < -0.3 is 9.29 Å². The van der Waals surface area contributed by atoms with Crippen LogP contribution in [0.4, 0.5) is 0 Å². The van der Waals surface area contributed by atoms with E-state index in [9.17, 15) is 4.55 Å². The lowest BCUT2D eigenvalue weighted by Gasteiger charge is -2.36. The second kappa shape index (κ2) is 10.1. The molecule has 0 amide bonds. The summed E-state index contributed by atoms with van der Waals surface area (Å²) in [6, 6.07) is 29.7. The van der Waals surface area contributed by atoms with Crippen LogP contribution in [0.2, 0.25) is 0 Å². The summed E-state index contributed by atoms with van der Waals surface area (Å²) < 4.78 is 22.3. The average molecular weight is 530 g/mol. The number of methoxy groups -OCH3 is 1. The molecule has 0 aromatic heterocycles. The van der Waals surface area contributed by atoms with E-state index >= 15 is 0 Å². The van der Waals surface area contributed by atoms with Gasteiger partial charge in [-0.25, -0.2) is 0 Å². The van der Waals surface area contributed by atoms with Gasteiger partial charge in [0, 0.05) is 16.8 Å². The molecule has 0 saturated carbocycles. The Morgan fingerprint density at radius 3 is 2.03 bits per heavy atom. The Morgan fingerprint density at radius 1 is 0.919 bits per heavy atom. The number of rotatable bonds is 7. The molecule has 0 radical (unpaired) electrons. The molecule has 2 heterocycles. The Labute approximate surface area is 226 Å². The zero-order valence-corrected chi connectivity index (χ0v) is 24.3. The first-order valence-electron chi connectivity index (χ1n) is 12.8. The third-order valence-electron chi connectivity index (χ3n) is 7.64. The lowest BCUT2D eigenvalue weighted by atomic mass is 9.73. The predicted octanol–water partition coefficient (Wildman–Crippen LogP) is 8.15. The molecule has 2 aliphatic rings. The number of hydrogen-bond acceptors (Lipinski definition) is 3. The minimum absolute atomic E-state index is 0.0663. The smallest absolute Gasteiger partial charge is 0.136 e. The van der Waals surface area contributed by atoms with Gasteiger partial charge in [0.2, 0.25) is 0 Å². The van der Waals surface area contributed by atoms with E-state index in [1.165, 1.54) is 32.9 Å². The zero-order chi connectivity index (χ0) is 26.4. The summed E-state index contributed by atoms with van der Waals surface area (Å²) in [5.41, 5.74) is 6.49. The molecule has 1 unspecified atom stereocenters. The first kappa shape index (κ1) is 26.3. The molecule has 5 heteroatoms. The largest absolute Gasteiger partial charge is 0.598 e. The molecule has 2 aliphatic heterocycles. The van der Waals surface area contributed by atoms with Crippen molar-refractivity contribution in [2.24, 2.45) is 5.41 Å². The van der Waals surface area contributed by atoms with Crippen LogP contribution in [-0.4, -0.2) is 22.6 Å². The third-order valence-corrected chi connectivity index (χ3v) is 12.3. The van der Waals surface area contributed by atoms with E-state index in [1.54, 1.807) is 7.11 Å². The lowest BCUT2D eigenvalue weighted by molar-refractivity contribution is 0.414. The third kappa shape index (κ3) is 4.70. The second-order valence-electron chi connectivity index (χ2n) is 11.1. The molecule has 5 rings (SSSR count). The van der Waals surface area contributed by atoms with Crippen molar-refractivity contribution >= 4 is 30.2 Å². The van der Waals surface area contributed by atoms with Gasteiger partial charge in [0.05, 0.1) is 7.11 Å². The Kier molecular flexibility index (Phi) is 7.15. The lowest BCUT2D eigenvalue weighted by Crippen LogP contribution is -2.41. The van der Waals surface area contributed by atoms with Crippen LogP contribution in [0.25, 0.3) is 10.9 Å². The van der Waals surface area contributed by atoms with Gasteiger partial charge in [-0.2, -0.15) is 0 Å². The minimum Gasteiger partial charge on any atom is -0.598 e. The molecule has 0 aliphatic carbocycles. The molecule has 37 heavy (non-hydrogen) atoms. The van der Waals surface area contributed by atoms with Gasteiger partial charge in [0.15, 0.2) is 0 Å². The summed E-state index contributed by atoms with van der Waals surface area (Å²) in [6.07, 6.45) is 1.09. The fraction of sp³-hybridized carbons (Fsp3) is 0.312. The summed E-state index contributed by atoms with van der Waals surface area (Å²) in [5.74, 6) is 0.822. The van der Waals surface area contributed by atoms with E-state index in [1.807, 2.05) is 32.9 Å². The summed E-state index contributed by atoms with van der Waals surface area (Å²) >= 11 is -1.24. The van der Waals surface area contributed by atoms with Crippen molar-refractivity contribution in [1.29, 1.82) is 0 Å². The van der Waals surface area contributed by atoms with Crippen molar-refractivity contribution in [2.75, 3.05) is 13.3 Å². The van der Waals surface area contributed by atoms with Gasteiger partial charge in [-0.15, -0.1) is 4.72 Å². The van der Waals surface area contributed by atoms with Gasteiger partial charge in [-0.3, -0.25) is 0 Å². The van der Waals surface area contributed by atoms with Crippen LogP contribution in [0.1, 0.15) is 57.4 Å². The van der Waals surface area contributed by atoms with Crippen LogP contribution < -0.4 is 9.46 Å². The first-order chi connectivity index (χ1) is 17.6. The van der Waals surface area contributed by atoms with Gasteiger partial charge in [0.25, 0.3) is 0 Å². The maximum Gasteiger partial charge on any atom is 0.136 e. The summed E-state index contributed by atoms with van der Waals surface area (Å²) in [4.78, 5) is 0. The van der Waals surface area contributed by atoms with Crippen LogP contribution >= 0.6 is 7.92 Å². The number of ether oxygens (including phenoxy) is 1. The molecule has 0 spiro atoms. The van der Waals surface area contributed by atoms with Crippen LogP contribution in [0.3, 0.4) is 0 Å². The van der Waals surface area contributed by atoms with Crippen molar-refractivity contribution < 1.29 is 9.29 Å². The van der Waals surface area contributed by atoms with E-state index in [-0.39, 0.29) is 16.2 Å². The first-order valence-corrected chi connectivity index (χ1v) is 15.5. The van der Waals surface area contributed by atoms with Gasteiger partial charge in [0.1, 0.15) is 16.5 Å². The van der Waals surface area contributed by atoms with E-state index < -0.39 is 19.3 Å². The zero-order valence-electron chi connectivity index (χ0n) is 22.5. The van der Waals surface area contributed by atoms with Crippen LogP contribution in [-0.2, 0) is 11.4 Å². The van der Waals surface area contributed by atoms with Gasteiger partial charge >= 0.3 is 0 Å². The summed E-state index contributed by atoms with van der Waals surface area (Å²) in [5, 5.41) is 2.88. The number of hydrogen-bond donors (Lipinski definition) is 1. The van der Waals surface area contributed by atoms with E-state index in [0.717, 1.165) is 17.5 Å². The van der Waals surface area contributed by atoms with Crippen LogP contribution in [0.15, 0.2) is 95.8 Å². The van der Waals surface area contributed by atoms with Crippen LogP contribution in [0.5, 0.6) is 5.75 Å². The molecule has 4 atom stereocenters. The number of nitrogens with one attached hydrogen (secondary N) is 1. The monoisotopic (exact) mass is 529 g/mol. The topological polar surface area (TPSA) is 44.3 Å². The fourth-order valence-corrected chi connectivity index (χ4v) is 10.4. The molecule has 3 aromatic rings. The summed E-state index contributed by atoms with van der Waals surface area (Å²) in [7, 11) is 1.06. The van der Waals surface area contributed by atoms with Crippen LogP contribution in [0, 0.1) is 5.41 Å². The SMILES string of the molecule is COc1ccc([C@@H](N[S+]([O-])C(C)(C)C)C2=C(c3ccccc3)[C@]3(C)C[P@@]2C(c2ccccc2)=C3C)cc1. The molecule has 0 fully saturated rings. The molecular weight excluding hydrogens is 493 g/mol. The maximum absolute atomic E-state index is 13.6. The molecule has 1 N–H and O–H groups in total. The molecule has 3 aromatic carbocycles. The highest BCUT2D eigenvalue weighted by atomic mass is 32.2. The van der Waals surface area contributed by atoms with Gasteiger partial charge in [-0.1, -0.05) is 85.3 Å². The van der Waals surface area contributed by atoms with E-state index in [0.29, 0.717) is 0 Å². The van der Waals surface area contributed by atoms with Crippen molar-refractivity contribution in [3.05, 3.63) is 113 Å². The van der Waals surface area contributed by atoms with E-state index in [2.05, 4.69) is 91.4 Å². The number of benzene rings is 3. The van der Waals surface area contributed by atoms with Gasteiger partial charge in [-0.05, 0) is 86.8 Å². The number of allylic oxidation sites excluding steroid dienone is 2. The van der Waals surface area contributed by atoms with Crippen molar-refractivity contribution in [3.63, 3.8) is 0 Å². The highest BCUT2D eigenvalue weighted by Gasteiger charge is 2.54. The quantitative estimate of drug-likeness (QED) is 0.248. The summed E-state index contributed by atoms with van der Waals surface area (Å²) in [6.45, 7) is 10.8. The van der Waals surface area contributed by atoms with Crippen molar-refractivity contribution in [1.82, 2.24) is 4.72 Å². The second-order valence-corrected chi connectivity index (χ2v) is 15.2. The molecule has 0 saturated heterocycles. The predicted molar refractivity (Wildman–Crippen MR) is 159 cm³/mol. The Morgan fingerprint density at radius 2 is 1.49 bits per heavy atom. The molecule has 3 nitrogen and oxygen atoms in total. The fourth-order valence-electron chi connectivity index (χ4n) is 5.57. The maximum atomic E-state index is 13.6. The highest BCUT2D eigenvalue weighted by Crippen LogP contribution is 2.79. The molecule has 192 valence electrons. The Hall–Kier alpha value is -2.36.